The molecule has 0 spiro atoms. The molecule has 0 aromatic carbocycles. The molecule has 1 aliphatic carbocycles. The standard InChI is InChI=1S/C12H21NO/c1-3-12-9(2)6-7-13(12)10-4-5-11(14)8-10/h9-10,12H,3-8H2,1-2H3. The van der Waals surface area contributed by atoms with Gasteiger partial charge >= 0.3 is 0 Å². The van der Waals surface area contributed by atoms with E-state index in [1.54, 1.807) is 0 Å². The summed E-state index contributed by atoms with van der Waals surface area (Å²) in [4.78, 5) is 13.9. The van der Waals surface area contributed by atoms with E-state index in [4.69, 9.17) is 0 Å². The Bertz CT molecular complexity index is 226. The maximum atomic E-state index is 11.3. The fraction of sp³-hybridized carbons (Fsp3) is 0.917. The van der Waals surface area contributed by atoms with Gasteiger partial charge in [0, 0.05) is 24.9 Å². The molecule has 3 unspecified atom stereocenters. The van der Waals surface area contributed by atoms with Crippen LogP contribution in [0.25, 0.3) is 0 Å². The lowest BCUT2D eigenvalue weighted by atomic mass is 10.00. The van der Waals surface area contributed by atoms with Crippen molar-refractivity contribution in [1.29, 1.82) is 0 Å². The normalized spacial score (nSPS) is 39.6. The number of ketones is 1. The van der Waals surface area contributed by atoms with Crippen LogP contribution in [0.4, 0.5) is 0 Å². The maximum absolute atomic E-state index is 11.3. The van der Waals surface area contributed by atoms with Crippen LogP contribution in [0.3, 0.4) is 0 Å². The summed E-state index contributed by atoms with van der Waals surface area (Å²) < 4.78 is 0. The molecule has 3 atom stereocenters. The van der Waals surface area contributed by atoms with Gasteiger partial charge in [-0.3, -0.25) is 9.69 Å². The second kappa shape index (κ2) is 4.01. The minimum Gasteiger partial charge on any atom is -0.300 e. The molecule has 2 aliphatic rings. The Labute approximate surface area is 86.7 Å². The van der Waals surface area contributed by atoms with E-state index in [2.05, 4.69) is 18.7 Å². The van der Waals surface area contributed by atoms with Gasteiger partial charge in [0.25, 0.3) is 0 Å². The number of hydrogen-bond donors (Lipinski definition) is 0. The smallest absolute Gasteiger partial charge is 0.134 e. The predicted molar refractivity (Wildman–Crippen MR) is 57.2 cm³/mol. The van der Waals surface area contributed by atoms with E-state index in [-0.39, 0.29) is 0 Å². The lowest BCUT2D eigenvalue weighted by Gasteiger charge is -2.30. The van der Waals surface area contributed by atoms with Crippen molar-refractivity contribution in [2.45, 2.75) is 58.0 Å². The van der Waals surface area contributed by atoms with E-state index in [9.17, 15) is 4.79 Å². The highest BCUT2D eigenvalue weighted by molar-refractivity contribution is 5.81. The van der Waals surface area contributed by atoms with Crippen LogP contribution in [0.1, 0.15) is 46.0 Å². The number of hydrogen-bond acceptors (Lipinski definition) is 2. The van der Waals surface area contributed by atoms with Gasteiger partial charge in [-0.15, -0.1) is 0 Å². The van der Waals surface area contributed by atoms with Crippen LogP contribution in [0.5, 0.6) is 0 Å². The summed E-state index contributed by atoms with van der Waals surface area (Å²) in [5.41, 5.74) is 0. The summed E-state index contributed by atoms with van der Waals surface area (Å²) in [5, 5.41) is 0. The van der Waals surface area contributed by atoms with Crippen LogP contribution < -0.4 is 0 Å². The van der Waals surface area contributed by atoms with Crippen molar-refractivity contribution in [1.82, 2.24) is 4.90 Å². The van der Waals surface area contributed by atoms with Gasteiger partial charge in [-0.05, 0) is 31.7 Å². The molecule has 2 nitrogen and oxygen atoms in total. The van der Waals surface area contributed by atoms with Gasteiger partial charge in [0.2, 0.25) is 0 Å². The molecule has 14 heavy (non-hydrogen) atoms. The average molecular weight is 195 g/mol. The van der Waals surface area contributed by atoms with E-state index < -0.39 is 0 Å². The van der Waals surface area contributed by atoms with Crippen LogP contribution in [0, 0.1) is 5.92 Å². The van der Waals surface area contributed by atoms with Crippen molar-refractivity contribution in [3.05, 3.63) is 0 Å². The lowest BCUT2D eigenvalue weighted by Crippen LogP contribution is -2.39. The predicted octanol–water partition coefficient (Wildman–Crippen LogP) is 2.23. The van der Waals surface area contributed by atoms with Gasteiger partial charge in [0.1, 0.15) is 5.78 Å². The van der Waals surface area contributed by atoms with Crippen LogP contribution in [0.2, 0.25) is 0 Å². The SMILES string of the molecule is CCC1C(C)CCN1C1CCC(=O)C1. The molecule has 1 heterocycles. The van der Waals surface area contributed by atoms with Crippen molar-refractivity contribution in [2.24, 2.45) is 5.92 Å². The first-order valence-electron chi connectivity index (χ1n) is 5.99. The summed E-state index contributed by atoms with van der Waals surface area (Å²) in [6.07, 6.45) is 5.33. The molecule has 80 valence electrons. The molecule has 0 amide bonds. The highest BCUT2D eigenvalue weighted by atomic mass is 16.1. The first-order chi connectivity index (χ1) is 6.72. The topological polar surface area (TPSA) is 20.3 Å². The fourth-order valence-corrected chi connectivity index (χ4v) is 3.21. The van der Waals surface area contributed by atoms with E-state index in [0.29, 0.717) is 11.8 Å². The van der Waals surface area contributed by atoms with Gasteiger partial charge in [0.05, 0.1) is 0 Å². The summed E-state index contributed by atoms with van der Waals surface area (Å²) in [6, 6.07) is 1.32. The highest BCUT2D eigenvalue weighted by Gasteiger charge is 2.37. The van der Waals surface area contributed by atoms with Crippen molar-refractivity contribution in [2.75, 3.05) is 6.54 Å². The maximum Gasteiger partial charge on any atom is 0.134 e. The van der Waals surface area contributed by atoms with Crippen molar-refractivity contribution in [3.8, 4) is 0 Å². The molecule has 1 aliphatic heterocycles. The van der Waals surface area contributed by atoms with Crippen LogP contribution in [-0.4, -0.2) is 29.3 Å². The minimum atomic E-state index is 0.476. The largest absolute Gasteiger partial charge is 0.300 e. The van der Waals surface area contributed by atoms with Crippen LogP contribution >= 0.6 is 0 Å². The van der Waals surface area contributed by atoms with E-state index >= 15 is 0 Å². The molecule has 0 bridgehead atoms. The van der Waals surface area contributed by atoms with Gasteiger partial charge < -0.3 is 0 Å². The molecular formula is C12H21NO. The second-order valence-electron chi connectivity index (χ2n) is 4.91. The monoisotopic (exact) mass is 195 g/mol. The lowest BCUT2D eigenvalue weighted by molar-refractivity contribution is -0.117. The summed E-state index contributed by atoms with van der Waals surface area (Å²) in [5.74, 6) is 1.31. The summed E-state index contributed by atoms with van der Waals surface area (Å²) in [6.45, 7) is 5.85. The Kier molecular flexibility index (Phi) is 2.91. The van der Waals surface area contributed by atoms with E-state index in [1.807, 2.05) is 0 Å². The fourth-order valence-electron chi connectivity index (χ4n) is 3.21. The summed E-state index contributed by atoms with van der Waals surface area (Å²) in [7, 11) is 0. The quantitative estimate of drug-likeness (QED) is 0.673. The molecular weight excluding hydrogens is 174 g/mol. The van der Waals surface area contributed by atoms with Crippen molar-refractivity contribution < 1.29 is 4.79 Å². The third-order valence-electron chi connectivity index (χ3n) is 4.03. The van der Waals surface area contributed by atoms with E-state index in [1.165, 1.54) is 19.4 Å². The van der Waals surface area contributed by atoms with Gasteiger partial charge in [-0.25, -0.2) is 0 Å². The Morgan fingerprint density at radius 3 is 2.79 bits per heavy atom. The molecule has 2 fully saturated rings. The van der Waals surface area contributed by atoms with Gasteiger partial charge in [-0.2, -0.15) is 0 Å². The van der Waals surface area contributed by atoms with Crippen molar-refractivity contribution >= 4 is 5.78 Å². The third kappa shape index (κ3) is 1.72. The Balaban J connectivity index is 2.00. The first-order valence-corrected chi connectivity index (χ1v) is 5.99. The van der Waals surface area contributed by atoms with Crippen LogP contribution in [0.15, 0.2) is 0 Å². The first kappa shape index (κ1) is 10.2. The average Bonchev–Trinajstić information content (AvgIpc) is 2.71. The zero-order valence-electron chi connectivity index (χ0n) is 9.33. The van der Waals surface area contributed by atoms with Gasteiger partial charge in [0.15, 0.2) is 0 Å². The molecule has 2 rings (SSSR count). The molecule has 0 aromatic rings. The van der Waals surface area contributed by atoms with Gasteiger partial charge in [-0.1, -0.05) is 13.8 Å². The number of nitrogens with zero attached hydrogens (tertiary/aromatic N) is 1. The Morgan fingerprint density at radius 1 is 1.43 bits per heavy atom. The number of likely N-dealkylation sites (tertiary alicyclic amines) is 1. The molecule has 2 heteroatoms. The Morgan fingerprint density at radius 2 is 2.21 bits per heavy atom. The number of Topliss-reactive ketones (excluding diaryl/α,β-unsaturated/α-hetero) is 1. The number of carbonyl (C=O) groups excluding carboxylic acids is 1. The Hall–Kier alpha value is -0.370. The summed E-state index contributed by atoms with van der Waals surface area (Å²) >= 11 is 0. The zero-order valence-corrected chi connectivity index (χ0v) is 9.33. The van der Waals surface area contributed by atoms with E-state index in [0.717, 1.165) is 31.2 Å². The van der Waals surface area contributed by atoms with Crippen molar-refractivity contribution in [3.63, 3.8) is 0 Å². The number of carbonyl (C=O) groups is 1. The zero-order chi connectivity index (χ0) is 10.1. The molecule has 0 aromatic heterocycles. The minimum absolute atomic E-state index is 0.476. The third-order valence-corrected chi connectivity index (χ3v) is 4.03. The molecule has 1 saturated heterocycles. The molecule has 0 radical (unpaired) electrons. The number of rotatable bonds is 2. The molecule has 0 N–H and O–H groups in total. The highest BCUT2D eigenvalue weighted by Crippen LogP contribution is 2.32. The second-order valence-corrected chi connectivity index (χ2v) is 4.91. The molecule has 1 saturated carbocycles. The van der Waals surface area contributed by atoms with Crippen LogP contribution in [-0.2, 0) is 4.79 Å².